The van der Waals surface area contributed by atoms with Gasteiger partial charge in [0.1, 0.15) is 0 Å². The molecule has 100 valence electrons. The van der Waals surface area contributed by atoms with Crippen molar-refractivity contribution >= 4 is 11.8 Å². The van der Waals surface area contributed by atoms with E-state index in [2.05, 4.69) is 27.6 Å². The lowest BCUT2D eigenvalue weighted by Gasteiger charge is -2.04. The minimum absolute atomic E-state index is 0.509. The first-order chi connectivity index (χ1) is 9.40. The highest BCUT2D eigenvalue weighted by molar-refractivity contribution is 7.98. The average Bonchev–Trinajstić information content (AvgIpc) is 3.10. The van der Waals surface area contributed by atoms with Crippen LogP contribution in [-0.4, -0.2) is 22.7 Å². The van der Waals surface area contributed by atoms with Gasteiger partial charge in [-0.2, -0.15) is 4.98 Å². The third kappa shape index (κ3) is 3.58. The van der Waals surface area contributed by atoms with Gasteiger partial charge < -0.3 is 9.84 Å². The highest BCUT2D eigenvalue weighted by Crippen LogP contribution is 2.21. The van der Waals surface area contributed by atoms with Gasteiger partial charge in [-0.15, -0.1) is 11.8 Å². The van der Waals surface area contributed by atoms with Gasteiger partial charge in [0, 0.05) is 17.4 Å². The van der Waals surface area contributed by atoms with Crippen LogP contribution < -0.4 is 5.32 Å². The normalized spacial score (nSPS) is 18.8. The Morgan fingerprint density at radius 3 is 3.00 bits per heavy atom. The van der Waals surface area contributed by atoms with Crippen LogP contribution in [-0.2, 0) is 12.2 Å². The molecule has 1 N–H and O–H groups in total. The van der Waals surface area contributed by atoms with E-state index in [0.717, 1.165) is 30.4 Å². The van der Waals surface area contributed by atoms with E-state index in [-0.39, 0.29) is 0 Å². The molecule has 2 aromatic rings. The third-order valence-corrected chi connectivity index (χ3v) is 4.21. The molecule has 1 saturated heterocycles. The molecule has 1 atom stereocenters. The first-order valence-corrected chi connectivity index (χ1v) is 7.61. The fourth-order valence-electron chi connectivity index (χ4n) is 2.24. The molecular formula is C14H17N3OS. The molecule has 0 aliphatic carbocycles. The van der Waals surface area contributed by atoms with Crippen molar-refractivity contribution in [1.29, 1.82) is 0 Å². The first-order valence-electron chi connectivity index (χ1n) is 6.63. The summed E-state index contributed by atoms with van der Waals surface area (Å²) in [7, 11) is 0. The zero-order chi connectivity index (χ0) is 12.9. The lowest BCUT2D eigenvalue weighted by molar-refractivity contribution is 0.361. The minimum Gasteiger partial charge on any atom is -0.339 e. The minimum atomic E-state index is 0.509. The Hall–Kier alpha value is -1.33. The molecule has 19 heavy (non-hydrogen) atoms. The molecule has 0 spiro atoms. The summed E-state index contributed by atoms with van der Waals surface area (Å²) in [6.07, 6.45) is 3.30. The Morgan fingerprint density at radius 2 is 2.21 bits per heavy atom. The van der Waals surface area contributed by atoms with Gasteiger partial charge in [0.05, 0.1) is 5.75 Å². The zero-order valence-corrected chi connectivity index (χ0v) is 11.5. The van der Waals surface area contributed by atoms with Crippen molar-refractivity contribution in [1.82, 2.24) is 15.5 Å². The molecule has 1 aromatic heterocycles. The summed E-state index contributed by atoms with van der Waals surface area (Å²) in [5, 5.41) is 7.48. The van der Waals surface area contributed by atoms with Gasteiger partial charge >= 0.3 is 0 Å². The van der Waals surface area contributed by atoms with Crippen molar-refractivity contribution in [3.05, 3.63) is 42.0 Å². The quantitative estimate of drug-likeness (QED) is 0.850. The number of benzene rings is 1. The van der Waals surface area contributed by atoms with Gasteiger partial charge in [0.2, 0.25) is 5.89 Å². The van der Waals surface area contributed by atoms with Gasteiger partial charge in [0.15, 0.2) is 5.82 Å². The SMILES string of the molecule is c1ccc(SCc2noc(CC3CCCN3)n2)cc1. The topological polar surface area (TPSA) is 51.0 Å². The standard InChI is InChI=1S/C14H17N3OS/c1-2-6-12(7-3-1)19-10-13-16-14(18-17-13)9-11-5-4-8-15-11/h1-3,6-7,11,15H,4-5,8-10H2. The Morgan fingerprint density at radius 1 is 1.32 bits per heavy atom. The van der Waals surface area contributed by atoms with Crippen LogP contribution >= 0.6 is 11.8 Å². The van der Waals surface area contributed by atoms with E-state index < -0.39 is 0 Å². The van der Waals surface area contributed by atoms with Crippen LogP contribution in [0.4, 0.5) is 0 Å². The number of hydrogen-bond acceptors (Lipinski definition) is 5. The van der Waals surface area contributed by atoms with Crippen LogP contribution in [0.2, 0.25) is 0 Å². The Kier molecular flexibility index (Phi) is 4.15. The number of rotatable bonds is 5. The van der Waals surface area contributed by atoms with Crippen molar-refractivity contribution in [2.75, 3.05) is 6.54 Å². The van der Waals surface area contributed by atoms with E-state index in [0.29, 0.717) is 6.04 Å². The molecule has 0 amide bonds. The molecule has 1 fully saturated rings. The van der Waals surface area contributed by atoms with Crippen molar-refractivity contribution in [3.63, 3.8) is 0 Å². The van der Waals surface area contributed by atoms with Crippen LogP contribution in [0.3, 0.4) is 0 Å². The van der Waals surface area contributed by atoms with Crippen LogP contribution in [0, 0.1) is 0 Å². The maximum Gasteiger partial charge on any atom is 0.228 e. The molecule has 2 heterocycles. The summed E-state index contributed by atoms with van der Waals surface area (Å²) < 4.78 is 5.30. The number of hydrogen-bond donors (Lipinski definition) is 1. The second kappa shape index (κ2) is 6.21. The van der Waals surface area contributed by atoms with E-state index in [9.17, 15) is 0 Å². The average molecular weight is 275 g/mol. The lowest BCUT2D eigenvalue weighted by atomic mass is 10.2. The Bertz CT molecular complexity index is 508. The van der Waals surface area contributed by atoms with Gasteiger partial charge in [-0.1, -0.05) is 23.4 Å². The van der Waals surface area contributed by atoms with Crippen LogP contribution in [0.1, 0.15) is 24.6 Å². The largest absolute Gasteiger partial charge is 0.339 e. The summed E-state index contributed by atoms with van der Waals surface area (Å²) in [4.78, 5) is 5.68. The molecule has 0 saturated carbocycles. The van der Waals surface area contributed by atoms with Crippen molar-refractivity contribution in [3.8, 4) is 0 Å². The fourth-order valence-corrected chi connectivity index (χ4v) is 3.00. The molecule has 1 aromatic carbocycles. The van der Waals surface area contributed by atoms with E-state index in [4.69, 9.17) is 4.52 Å². The molecule has 1 unspecified atom stereocenters. The highest BCUT2D eigenvalue weighted by Gasteiger charge is 2.17. The lowest BCUT2D eigenvalue weighted by Crippen LogP contribution is -2.23. The molecule has 4 nitrogen and oxygen atoms in total. The third-order valence-electron chi connectivity index (χ3n) is 3.20. The van der Waals surface area contributed by atoms with Gasteiger partial charge in [-0.3, -0.25) is 0 Å². The number of aromatic nitrogens is 2. The first kappa shape index (κ1) is 12.7. The molecule has 0 bridgehead atoms. The predicted octanol–water partition coefficient (Wildman–Crippen LogP) is 2.66. The Balaban J connectivity index is 1.53. The van der Waals surface area contributed by atoms with Crippen LogP contribution in [0.5, 0.6) is 0 Å². The van der Waals surface area contributed by atoms with Gasteiger partial charge in [-0.25, -0.2) is 0 Å². The predicted molar refractivity (Wildman–Crippen MR) is 75.0 cm³/mol. The summed E-state index contributed by atoms with van der Waals surface area (Å²) in [6.45, 7) is 1.11. The smallest absolute Gasteiger partial charge is 0.228 e. The summed E-state index contributed by atoms with van der Waals surface area (Å²) in [6, 6.07) is 10.8. The van der Waals surface area contributed by atoms with E-state index in [1.807, 2.05) is 18.2 Å². The molecular weight excluding hydrogens is 258 g/mol. The van der Waals surface area contributed by atoms with Gasteiger partial charge in [-0.05, 0) is 31.5 Å². The molecule has 1 aliphatic heterocycles. The van der Waals surface area contributed by atoms with Crippen LogP contribution in [0.15, 0.2) is 39.8 Å². The second-order valence-corrected chi connectivity index (χ2v) is 5.75. The molecule has 5 heteroatoms. The summed E-state index contributed by atoms with van der Waals surface area (Å²) in [5.74, 6) is 2.29. The van der Waals surface area contributed by atoms with Crippen molar-refractivity contribution in [2.45, 2.75) is 36.0 Å². The molecule has 0 radical (unpaired) electrons. The Labute approximate surface area is 117 Å². The van der Waals surface area contributed by atoms with Crippen LogP contribution in [0.25, 0.3) is 0 Å². The molecule has 1 aliphatic rings. The summed E-state index contributed by atoms with van der Waals surface area (Å²) in [5.41, 5.74) is 0. The number of nitrogens with zero attached hydrogens (tertiary/aromatic N) is 2. The number of nitrogens with one attached hydrogen (secondary N) is 1. The zero-order valence-electron chi connectivity index (χ0n) is 10.7. The van der Waals surface area contributed by atoms with Gasteiger partial charge in [0.25, 0.3) is 0 Å². The fraction of sp³-hybridized carbons (Fsp3) is 0.429. The maximum absolute atomic E-state index is 5.30. The number of thioether (sulfide) groups is 1. The molecule has 3 rings (SSSR count). The second-order valence-electron chi connectivity index (χ2n) is 4.70. The van der Waals surface area contributed by atoms with Crippen molar-refractivity contribution < 1.29 is 4.52 Å². The summed E-state index contributed by atoms with van der Waals surface area (Å²) >= 11 is 1.73. The van der Waals surface area contributed by atoms with E-state index in [1.54, 1.807) is 11.8 Å². The van der Waals surface area contributed by atoms with Crippen molar-refractivity contribution in [2.24, 2.45) is 0 Å². The maximum atomic E-state index is 5.30. The van der Waals surface area contributed by atoms with E-state index in [1.165, 1.54) is 17.7 Å². The monoisotopic (exact) mass is 275 g/mol. The highest BCUT2D eigenvalue weighted by atomic mass is 32.2. The van der Waals surface area contributed by atoms with E-state index >= 15 is 0 Å².